The van der Waals surface area contributed by atoms with Gasteiger partial charge in [0.1, 0.15) is 5.76 Å². The molecule has 0 unspecified atom stereocenters. The molecule has 2 bridgehead atoms. The Hall–Kier alpha value is -4.14. The molecule has 1 spiro atoms. The van der Waals surface area contributed by atoms with E-state index in [4.69, 9.17) is 24.1 Å². The molecule has 0 aromatic heterocycles. The third-order valence-corrected chi connectivity index (χ3v) is 9.02. The highest BCUT2D eigenvalue weighted by Crippen LogP contribution is 2.65. The van der Waals surface area contributed by atoms with Gasteiger partial charge in [0.05, 0.1) is 24.5 Å². The van der Waals surface area contributed by atoms with Gasteiger partial charge in [-0.1, -0.05) is 36.4 Å². The molecular weight excluding hydrogens is 601 g/mol. The molecule has 242 valence electrons. The molecule has 2 aromatic carbocycles. The minimum atomic E-state index is -5.08. The van der Waals surface area contributed by atoms with Crippen LogP contribution in [0, 0.1) is 0 Å². The van der Waals surface area contributed by atoms with Crippen molar-refractivity contribution in [1.29, 1.82) is 0 Å². The van der Waals surface area contributed by atoms with E-state index < -0.39 is 47.2 Å². The third-order valence-electron chi connectivity index (χ3n) is 9.02. The van der Waals surface area contributed by atoms with Crippen molar-refractivity contribution in [2.45, 2.75) is 61.1 Å². The summed E-state index contributed by atoms with van der Waals surface area (Å²) >= 11 is 0. The molecule has 2 aliphatic heterocycles. The Balaban J connectivity index is 0.000000515. The molecule has 4 N–H and O–H groups in total. The van der Waals surface area contributed by atoms with E-state index >= 15 is 0 Å². The minimum absolute atomic E-state index is 0.0144. The van der Waals surface area contributed by atoms with Gasteiger partial charge in [-0.15, -0.1) is 0 Å². The van der Waals surface area contributed by atoms with Crippen LogP contribution in [0.3, 0.4) is 0 Å². The van der Waals surface area contributed by atoms with E-state index in [0.717, 1.165) is 17.7 Å². The van der Waals surface area contributed by atoms with Gasteiger partial charge in [-0.25, -0.2) is 4.79 Å². The van der Waals surface area contributed by atoms with E-state index in [1.54, 1.807) is 43.5 Å². The first-order valence-electron chi connectivity index (χ1n) is 14.3. The summed E-state index contributed by atoms with van der Waals surface area (Å²) in [5, 5.41) is 32.2. The highest BCUT2D eigenvalue weighted by atomic mass is 19.4. The second-order valence-corrected chi connectivity index (χ2v) is 11.4. The molecule has 2 aliphatic carbocycles. The predicted octanol–water partition coefficient (Wildman–Crippen LogP) is 2.39. The number of nitrogens with one attached hydrogen (secondary N) is 1. The zero-order chi connectivity index (χ0) is 32.7. The molecule has 2 heterocycles. The molecule has 2 aromatic rings. The molecule has 6 rings (SSSR count). The number of hydrogen-bond donors (Lipinski definition) is 4. The fourth-order valence-corrected chi connectivity index (χ4v) is 6.94. The number of aliphatic carboxylic acids is 1. The van der Waals surface area contributed by atoms with Crippen LogP contribution in [0.25, 0.3) is 0 Å². The van der Waals surface area contributed by atoms with E-state index in [0.29, 0.717) is 42.1 Å². The average molecular weight is 635 g/mol. The van der Waals surface area contributed by atoms with Crippen LogP contribution in [-0.2, 0) is 31.0 Å². The second kappa shape index (κ2) is 12.0. The lowest BCUT2D eigenvalue weighted by molar-refractivity contribution is -0.192. The highest BCUT2D eigenvalue weighted by molar-refractivity contribution is 5.82. The van der Waals surface area contributed by atoms with Crippen LogP contribution in [0.1, 0.15) is 42.1 Å². The molecule has 0 saturated carbocycles. The van der Waals surface area contributed by atoms with Crippen molar-refractivity contribution in [1.82, 2.24) is 10.2 Å². The Morgan fingerprint density at radius 2 is 1.87 bits per heavy atom. The molecule has 14 heteroatoms. The van der Waals surface area contributed by atoms with Gasteiger partial charge in [-0.05, 0) is 49.7 Å². The van der Waals surface area contributed by atoms with Gasteiger partial charge >= 0.3 is 18.1 Å². The topological polar surface area (TPSA) is 155 Å². The molecule has 1 saturated heterocycles. The Kier molecular flexibility index (Phi) is 8.59. The van der Waals surface area contributed by atoms with Crippen LogP contribution in [0.4, 0.5) is 13.2 Å². The number of nitrogens with zero attached hydrogens (tertiary/aromatic N) is 1. The van der Waals surface area contributed by atoms with Crippen molar-refractivity contribution < 1.29 is 57.1 Å². The number of carbonyl (C=O) groups excluding carboxylic acids is 2. The molecule has 0 radical (unpaired) electrons. The van der Waals surface area contributed by atoms with Crippen molar-refractivity contribution in [3.63, 3.8) is 0 Å². The SMILES string of the molecule is COc1ccc2c3c1O[C@H]1C(OC(=O)CCNC(=O)[C@@H](O)c4ccccc4)=CC[C@@]4(O)[C@@H](C2)N(C)CC[C@]314.O=C(O)C(F)(F)F. The number of piperidine rings is 1. The maximum atomic E-state index is 12.9. The number of carbonyl (C=O) groups is 3. The summed E-state index contributed by atoms with van der Waals surface area (Å²) in [6.45, 7) is 0.792. The number of carboxylic acid groups (broad SMARTS) is 1. The number of likely N-dealkylation sites (tertiary alicyclic amines) is 1. The summed E-state index contributed by atoms with van der Waals surface area (Å²) in [5.74, 6) is -2.28. The van der Waals surface area contributed by atoms with Gasteiger partial charge < -0.3 is 39.7 Å². The standard InChI is InChI=1S/C29H32N2O7.C2HF3O2/c1-31-15-13-28-23-18-8-9-19(36-2)25(23)38-26(28)20(10-12-29(28,35)21(31)16-18)37-22(32)11-14-30-27(34)24(33)17-6-4-3-5-7-17;3-2(4,5)1(6)7/h3-10,21,24,26,33,35H,11-16H2,1-2H3,(H,30,34);(H,6,7)/t21-,24+,26+,28+,29-;/m1./s1. The van der Waals surface area contributed by atoms with Gasteiger partial charge in [0, 0.05) is 24.6 Å². The molecule has 5 atom stereocenters. The average Bonchev–Trinajstić information content (AvgIpc) is 3.36. The van der Waals surface area contributed by atoms with Crippen molar-refractivity contribution >= 4 is 17.8 Å². The molecular formula is C31H33F3N2O9. The number of halogens is 3. The number of carboxylic acids is 1. The number of hydrogen-bond acceptors (Lipinski definition) is 9. The number of likely N-dealkylation sites (N-methyl/N-ethyl adjacent to an activating group) is 1. The number of aliphatic hydroxyl groups excluding tert-OH is 1. The largest absolute Gasteiger partial charge is 0.493 e. The first-order chi connectivity index (χ1) is 21.2. The van der Waals surface area contributed by atoms with E-state index in [1.807, 2.05) is 19.2 Å². The van der Waals surface area contributed by atoms with Crippen LogP contribution >= 0.6 is 0 Å². The van der Waals surface area contributed by atoms with Crippen LogP contribution in [0.15, 0.2) is 54.3 Å². The van der Waals surface area contributed by atoms with Crippen LogP contribution in [0.2, 0.25) is 0 Å². The van der Waals surface area contributed by atoms with Gasteiger partial charge in [0.2, 0.25) is 0 Å². The molecule has 1 amide bonds. The summed E-state index contributed by atoms with van der Waals surface area (Å²) in [6.07, 6.45) is -3.69. The summed E-state index contributed by atoms with van der Waals surface area (Å²) in [6, 6.07) is 12.4. The summed E-state index contributed by atoms with van der Waals surface area (Å²) in [7, 11) is 3.63. The smallest absolute Gasteiger partial charge is 0.490 e. The molecule has 45 heavy (non-hydrogen) atoms. The highest BCUT2D eigenvalue weighted by Gasteiger charge is 2.72. The monoisotopic (exact) mass is 634 g/mol. The number of esters is 1. The Bertz CT molecular complexity index is 1520. The van der Waals surface area contributed by atoms with Crippen molar-refractivity contribution in [3.05, 3.63) is 71.0 Å². The number of alkyl halides is 3. The second-order valence-electron chi connectivity index (χ2n) is 11.4. The van der Waals surface area contributed by atoms with Crippen molar-refractivity contribution in [3.8, 4) is 11.5 Å². The number of rotatable bonds is 7. The van der Waals surface area contributed by atoms with E-state index in [1.165, 1.54) is 0 Å². The zero-order valence-electron chi connectivity index (χ0n) is 24.5. The zero-order valence-corrected chi connectivity index (χ0v) is 24.5. The molecule has 11 nitrogen and oxygen atoms in total. The summed E-state index contributed by atoms with van der Waals surface area (Å²) in [5.41, 5.74) is 0.741. The van der Waals surface area contributed by atoms with Crippen LogP contribution < -0.4 is 14.8 Å². The third kappa shape index (κ3) is 5.51. The van der Waals surface area contributed by atoms with Crippen LogP contribution in [0.5, 0.6) is 11.5 Å². The number of aliphatic hydroxyl groups is 2. The lowest BCUT2D eigenvalue weighted by atomic mass is 9.50. The Morgan fingerprint density at radius 3 is 2.51 bits per heavy atom. The summed E-state index contributed by atoms with van der Waals surface area (Å²) < 4.78 is 49.7. The van der Waals surface area contributed by atoms with Crippen molar-refractivity contribution in [2.24, 2.45) is 0 Å². The molecule has 4 aliphatic rings. The Morgan fingerprint density at radius 1 is 1.18 bits per heavy atom. The fraction of sp³-hybridized carbons (Fsp3) is 0.452. The lowest BCUT2D eigenvalue weighted by Crippen LogP contribution is -2.74. The lowest BCUT2D eigenvalue weighted by Gasteiger charge is -2.61. The fourth-order valence-electron chi connectivity index (χ4n) is 6.94. The number of benzene rings is 2. The van der Waals surface area contributed by atoms with Gasteiger partial charge in [-0.3, -0.25) is 9.59 Å². The predicted molar refractivity (Wildman–Crippen MR) is 150 cm³/mol. The van der Waals surface area contributed by atoms with Gasteiger partial charge in [-0.2, -0.15) is 13.2 Å². The van der Waals surface area contributed by atoms with Crippen LogP contribution in [-0.4, -0.2) is 89.2 Å². The maximum Gasteiger partial charge on any atom is 0.490 e. The van der Waals surface area contributed by atoms with E-state index in [-0.39, 0.29) is 19.0 Å². The number of ether oxygens (including phenoxy) is 3. The van der Waals surface area contributed by atoms with Gasteiger partial charge in [0.25, 0.3) is 5.91 Å². The maximum absolute atomic E-state index is 12.9. The van der Waals surface area contributed by atoms with Gasteiger partial charge in [0.15, 0.2) is 23.7 Å². The first kappa shape index (κ1) is 32.3. The minimum Gasteiger partial charge on any atom is -0.493 e. The van der Waals surface area contributed by atoms with E-state index in [9.17, 15) is 33.0 Å². The Labute approximate surface area is 256 Å². The molecule has 1 fully saturated rings. The number of amides is 1. The number of methoxy groups -OCH3 is 1. The first-order valence-corrected chi connectivity index (χ1v) is 14.3. The van der Waals surface area contributed by atoms with E-state index in [2.05, 4.69) is 10.2 Å². The summed E-state index contributed by atoms with van der Waals surface area (Å²) in [4.78, 5) is 36.3. The normalized spacial score (nSPS) is 26.6. The van der Waals surface area contributed by atoms with Crippen molar-refractivity contribution in [2.75, 3.05) is 27.2 Å². The quantitative estimate of drug-likeness (QED) is 0.334.